The lowest BCUT2D eigenvalue weighted by Gasteiger charge is -2.16. The lowest BCUT2D eigenvalue weighted by Crippen LogP contribution is -2.27. The van der Waals surface area contributed by atoms with Crippen LogP contribution < -0.4 is 30.6 Å². The van der Waals surface area contributed by atoms with Crippen LogP contribution in [0.3, 0.4) is 0 Å². The van der Waals surface area contributed by atoms with Gasteiger partial charge in [0.15, 0.2) is 11.5 Å². The Labute approximate surface area is 203 Å². The number of hydrogen-bond acceptors (Lipinski definition) is 8. The molecule has 0 bridgehead atoms. The predicted octanol–water partition coefficient (Wildman–Crippen LogP) is 3.93. The van der Waals surface area contributed by atoms with E-state index in [2.05, 4.69) is 15.6 Å². The lowest BCUT2D eigenvalue weighted by molar-refractivity contribution is 0.102. The summed E-state index contributed by atoms with van der Waals surface area (Å²) in [6, 6.07) is 11.5. The maximum absolute atomic E-state index is 12.5. The smallest absolute Gasteiger partial charge is 0.407 e. The number of anilines is 2. The number of rotatable bonds is 9. The van der Waals surface area contributed by atoms with E-state index in [1.165, 1.54) is 27.5 Å². The Hall–Kier alpha value is -4.47. The number of benzene rings is 2. The van der Waals surface area contributed by atoms with Gasteiger partial charge in [0, 0.05) is 11.8 Å². The monoisotopic (exact) mass is 480 g/mol. The van der Waals surface area contributed by atoms with Crippen molar-refractivity contribution in [3.05, 3.63) is 71.5 Å². The van der Waals surface area contributed by atoms with Crippen molar-refractivity contribution in [1.82, 2.24) is 10.3 Å². The predicted molar refractivity (Wildman–Crippen MR) is 131 cm³/mol. The van der Waals surface area contributed by atoms with E-state index in [0.717, 1.165) is 5.56 Å². The largest absolute Gasteiger partial charge is 0.493 e. The molecule has 2 amide bonds. The van der Waals surface area contributed by atoms with Gasteiger partial charge in [0.2, 0.25) is 5.75 Å². The van der Waals surface area contributed by atoms with Gasteiger partial charge >= 0.3 is 6.09 Å². The first-order valence-electron chi connectivity index (χ1n) is 10.7. The van der Waals surface area contributed by atoms with Crippen molar-refractivity contribution in [2.45, 2.75) is 19.6 Å². The third-order valence-corrected chi connectivity index (χ3v) is 5.20. The summed E-state index contributed by atoms with van der Waals surface area (Å²) in [5.74, 6) is 1.09. The van der Waals surface area contributed by atoms with Gasteiger partial charge in [-0.1, -0.05) is 12.1 Å². The fourth-order valence-corrected chi connectivity index (χ4v) is 3.31. The quantitative estimate of drug-likeness (QED) is 0.419. The van der Waals surface area contributed by atoms with Gasteiger partial charge in [0.1, 0.15) is 6.61 Å². The van der Waals surface area contributed by atoms with Gasteiger partial charge in [-0.15, -0.1) is 0 Å². The average Bonchev–Trinajstić information content (AvgIpc) is 2.88. The fraction of sp³-hybridized carbons (Fsp3) is 0.240. The van der Waals surface area contributed by atoms with E-state index in [1.807, 2.05) is 6.92 Å². The molecule has 4 N–H and O–H groups in total. The molecule has 35 heavy (non-hydrogen) atoms. The van der Waals surface area contributed by atoms with Crippen LogP contribution in [-0.4, -0.2) is 38.3 Å². The molecule has 2 aromatic carbocycles. The molecular formula is C25H28N4O6. The maximum Gasteiger partial charge on any atom is 0.407 e. The minimum Gasteiger partial charge on any atom is -0.493 e. The summed E-state index contributed by atoms with van der Waals surface area (Å²) < 4.78 is 21.3. The number of pyridine rings is 1. The summed E-state index contributed by atoms with van der Waals surface area (Å²) in [6.07, 6.45) is 2.41. The minimum absolute atomic E-state index is 0.00646. The molecule has 0 radical (unpaired) electrons. The molecule has 1 aromatic heterocycles. The Kier molecular flexibility index (Phi) is 8.33. The van der Waals surface area contributed by atoms with Crippen LogP contribution in [0.1, 0.15) is 34.5 Å². The van der Waals surface area contributed by atoms with Gasteiger partial charge in [0.25, 0.3) is 5.91 Å². The summed E-state index contributed by atoms with van der Waals surface area (Å²) in [7, 11) is 4.54. The van der Waals surface area contributed by atoms with Crippen molar-refractivity contribution in [3.8, 4) is 17.2 Å². The van der Waals surface area contributed by atoms with E-state index in [0.29, 0.717) is 39.8 Å². The van der Waals surface area contributed by atoms with Gasteiger partial charge in [0.05, 0.1) is 44.9 Å². The summed E-state index contributed by atoms with van der Waals surface area (Å²) in [5, 5.41) is 5.51. The third-order valence-electron chi connectivity index (χ3n) is 5.20. The molecule has 0 aliphatic carbocycles. The normalized spacial score (nSPS) is 11.2. The van der Waals surface area contributed by atoms with E-state index in [1.54, 1.807) is 48.7 Å². The van der Waals surface area contributed by atoms with Crippen molar-refractivity contribution in [3.63, 3.8) is 0 Å². The van der Waals surface area contributed by atoms with Crippen molar-refractivity contribution in [2.75, 3.05) is 32.4 Å². The SMILES string of the molecule is COc1cc(COC(=O)NC(C)c2ccc(C(=O)Nc3ccncc3N)cc2)cc(OC)c1OC. The van der Waals surface area contributed by atoms with Gasteiger partial charge in [-0.25, -0.2) is 4.79 Å². The van der Waals surface area contributed by atoms with Crippen LogP contribution in [0, 0.1) is 0 Å². The molecule has 3 rings (SSSR count). The van der Waals surface area contributed by atoms with Crippen LogP contribution in [-0.2, 0) is 11.3 Å². The van der Waals surface area contributed by atoms with E-state index in [-0.39, 0.29) is 18.6 Å². The van der Waals surface area contributed by atoms with Gasteiger partial charge in [-0.05, 0) is 48.4 Å². The summed E-state index contributed by atoms with van der Waals surface area (Å²) in [6.45, 7) is 1.82. The number of nitrogens with one attached hydrogen (secondary N) is 2. The second kappa shape index (κ2) is 11.6. The Bertz CT molecular complexity index is 1160. The molecule has 10 nitrogen and oxygen atoms in total. The molecule has 0 fully saturated rings. The molecule has 0 saturated heterocycles. The zero-order valence-corrected chi connectivity index (χ0v) is 20.0. The summed E-state index contributed by atoms with van der Waals surface area (Å²) in [4.78, 5) is 28.7. The molecule has 0 saturated carbocycles. The molecule has 3 aromatic rings. The summed E-state index contributed by atoms with van der Waals surface area (Å²) in [5.41, 5.74) is 8.59. The minimum atomic E-state index is -0.596. The molecule has 184 valence electrons. The van der Waals surface area contributed by atoms with Crippen LogP contribution in [0.2, 0.25) is 0 Å². The number of methoxy groups -OCH3 is 3. The molecule has 1 atom stereocenters. The molecular weight excluding hydrogens is 452 g/mol. The first-order chi connectivity index (χ1) is 16.9. The molecule has 1 heterocycles. The highest BCUT2D eigenvalue weighted by Gasteiger charge is 2.16. The Morgan fingerprint density at radius 2 is 1.66 bits per heavy atom. The maximum atomic E-state index is 12.5. The Morgan fingerprint density at radius 3 is 2.23 bits per heavy atom. The molecule has 0 spiro atoms. The first kappa shape index (κ1) is 25.2. The van der Waals surface area contributed by atoms with Gasteiger partial charge < -0.3 is 35.3 Å². The fourth-order valence-electron chi connectivity index (χ4n) is 3.31. The third kappa shape index (κ3) is 6.32. The number of nitrogens with two attached hydrogens (primary N) is 1. The van der Waals surface area contributed by atoms with E-state index >= 15 is 0 Å². The number of aromatic nitrogens is 1. The second-order valence-corrected chi connectivity index (χ2v) is 7.51. The van der Waals surface area contributed by atoms with Crippen LogP contribution in [0.25, 0.3) is 0 Å². The van der Waals surface area contributed by atoms with Gasteiger partial charge in [-0.3, -0.25) is 9.78 Å². The second-order valence-electron chi connectivity index (χ2n) is 7.51. The highest BCUT2D eigenvalue weighted by atomic mass is 16.5. The average molecular weight is 481 g/mol. The molecule has 0 aliphatic heterocycles. The zero-order chi connectivity index (χ0) is 25.4. The van der Waals surface area contributed by atoms with Crippen LogP contribution in [0.5, 0.6) is 17.2 Å². The van der Waals surface area contributed by atoms with Crippen LogP contribution in [0.15, 0.2) is 54.9 Å². The Morgan fingerprint density at radius 1 is 1.00 bits per heavy atom. The number of carbonyl (C=O) groups excluding carboxylic acids is 2. The number of amides is 2. The van der Waals surface area contributed by atoms with E-state index < -0.39 is 6.09 Å². The number of nitrogens with zero attached hydrogens (tertiary/aromatic N) is 1. The number of hydrogen-bond donors (Lipinski definition) is 3. The number of nitrogen functional groups attached to an aromatic ring is 1. The van der Waals surface area contributed by atoms with Crippen LogP contribution >= 0.6 is 0 Å². The van der Waals surface area contributed by atoms with Crippen molar-refractivity contribution in [2.24, 2.45) is 0 Å². The molecule has 0 aliphatic rings. The number of alkyl carbamates (subject to hydrolysis) is 1. The van der Waals surface area contributed by atoms with Crippen LogP contribution in [0.4, 0.5) is 16.2 Å². The topological polar surface area (TPSA) is 134 Å². The van der Waals surface area contributed by atoms with Crippen molar-refractivity contribution >= 4 is 23.4 Å². The van der Waals surface area contributed by atoms with E-state index in [9.17, 15) is 9.59 Å². The van der Waals surface area contributed by atoms with E-state index in [4.69, 9.17) is 24.7 Å². The first-order valence-corrected chi connectivity index (χ1v) is 10.7. The van der Waals surface area contributed by atoms with Crippen molar-refractivity contribution in [1.29, 1.82) is 0 Å². The highest BCUT2D eigenvalue weighted by molar-refractivity contribution is 6.05. The highest BCUT2D eigenvalue weighted by Crippen LogP contribution is 2.38. The zero-order valence-electron chi connectivity index (χ0n) is 20.0. The Balaban J connectivity index is 1.57. The lowest BCUT2D eigenvalue weighted by atomic mass is 10.1. The molecule has 1 unspecified atom stereocenters. The standard InChI is InChI=1S/C25H28N4O6/c1-15(17-5-7-18(8-6-17)24(30)29-20-9-10-27-13-19(20)26)28-25(31)35-14-16-11-21(32-2)23(34-4)22(12-16)33-3/h5-13,15H,14,26H2,1-4H3,(H,28,31)(H,27,29,30). The number of ether oxygens (including phenoxy) is 4. The van der Waals surface area contributed by atoms with Gasteiger partial charge in [-0.2, -0.15) is 0 Å². The summed E-state index contributed by atoms with van der Waals surface area (Å²) >= 11 is 0. The molecule has 10 heteroatoms. The number of carbonyl (C=O) groups is 2. The van der Waals surface area contributed by atoms with Crippen molar-refractivity contribution < 1.29 is 28.5 Å².